The predicted molar refractivity (Wildman–Crippen MR) is 97.3 cm³/mol. The Morgan fingerprint density at radius 2 is 2.04 bits per heavy atom. The fourth-order valence-electron chi connectivity index (χ4n) is 2.62. The molecule has 0 radical (unpaired) electrons. The number of hydrogen-bond acceptors (Lipinski definition) is 6. The average Bonchev–Trinajstić information content (AvgIpc) is 2.68. The second-order valence-corrected chi connectivity index (χ2v) is 8.06. The van der Waals surface area contributed by atoms with Gasteiger partial charge in [-0.1, -0.05) is 0 Å². The van der Waals surface area contributed by atoms with Gasteiger partial charge < -0.3 is 20.1 Å². The largest absolute Gasteiger partial charge is 0.383 e. The number of nitrogens with zero attached hydrogens (tertiary/aromatic N) is 1. The van der Waals surface area contributed by atoms with Gasteiger partial charge in [0, 0.05) is 20.2 Å². The maximum Gasteiger partial charge on any atom is 0.309 e. The lowest BCUT2D eigenvalue weighted by Gasteiger charge is -2.34. The van der Waals surface area contributed by atoms with Crippen molar-refractivity contribution in [2.75, 3.05) is 40.0 Å². The van der Waals surface area contributed by atoms with Gasteiger partial charge in [-0.05, 0) is 37.1 Å². The zero-order chi connectivity index (χ0) is 20.7. The molecule has 0 bridgehead atoms. The van der Waals surface area contributed by atoms with Crippen LogP contribution in [0.2, 0.25) is 0 Å². The van der Waals surface area contributed by atoms with E-state index in [-0.39, 0.29) is 36.7 Å². The summed E-state index contributed by atoms with van der Waals surface area (Å²) in [6.07, 6.45) is -0.499. The molecule has 0 aromatic heterocycles. The molecule has 11 heteroatoms. The molecule has 1 saturated heterocycles. The van der Waals surface area contributed by atoms with Crippen molar-refractivity contribution in [3.63, 3.8) is 0 Å². The van der Waals surface area contributed by atoms with Gasteiger partial charge in [-0.2, -0.15) is 4.31 Å². The molecule has 0 saturated carbocycles. The van der Waals surface area contributed by atoms with Gasteiger partial charge in [-0.25, -0.2) is 12.8 Å². The Morgan fingerprint density at radius 3 is 2.71 bits per heavy atom. The Balaban J connectivity index is 2.06. The second-order valence-electron chi connectivity index (χ2n) is 6.16. The molecule has 1 unspecified atom stereocenters. The van der Waals surface area contributed by atoms with Crippen LogP contribution in [-0.4, -0.2) is 70.7 Å². The molecule has 1 aromatic carbocycles. The highest BCUT2D eigenvalue weighted by Crippen LogP contribution is 2.23. The number of carbonyl (C=O) groups is 2. The number of methoxy groups -OCH3 is 1. The highest BCUT2D eigenvalue weighted by molar-refractivity contribution is 7.89. The van der Waals surface area contributed by atoms with Crippen molar-refractivity contribution in [3.8, 4) is 0 Å². The maximum atomic E-state index is 13.5. The number of ether oxygens (including phenoxy) is 2. The number of aryl methyl sites for hydroxylation is 1. The number of halogens is 1. The third kappa shape index (κ3) is 5.47. The Morgan fingerprint density at radius 1 is 1.32 bits per heavy atom. The van der Waals surface area contributed by atoms with Gasteiger partial charge in [0.15, 0.2) is 0 Å². The maximum absolute atomic E-state index is 13.5. The number of hydrogen-bond donors (Lipinski definition) is 2. The first-order chi connectivity index (χ1) is 13.3. The van der Waals surface area contributed by atoms with E-state index in [9.17, 15) is 22.4 Å². The molecule has 1 aliphatic heterocycles. The Hall–Kier alpha value is -2.08. The summed E-state index contributed by atoms with van der Waals surface area (Å²) < 4.78 is 50.7. The van der Waals surface area contributed by atoms with Crippen LogP contribution in [0.15, 0.2) is 23.1 Å². The molecule has 0 aliphatic carbocycles. The molecule has 2 amide bonds. The van der Waals surface area contributed by atoms with Crippen LogP contribution in [0.4, 0.5) is 4.39 Å². The summed E-state index contributed by atoms with van der Waals surface area (Å²) in [6.45, 7) is 2.20. The molecule has 156 valence electrons. The molecule has 2 rings (SSSR count). The smallest absolute Gasteiger partial charge is 0.309 e. The van der Waals surface area contributed by atoms with Crippen LogP contribution in [-0.2, 0) is 29.1 Å². The summed E-state index contributed by atoms with van der Waals surface area (Å²) >= 11 is 0. The molecular formula is C17H24FN3O6S. The quantitative estimate of drug-likeness (QED) is 0.467. The molecule has 1 atom stereocenters. The second kappa shape index (κ2) is 9.92. The van der Waals surface area contributed by atoms with E-state index in [2.05, 4.69) is 10.6 Å². The van der Waals surface area contributed by atoms with E-state index < -0.39 is 33.9 Å². The van der Waals surface area contributed by atoms with Gasteiger partial charge in [0.2, 0.25) is 10.0 Å². The molecule has 0 spiro atoms. The van der Waals surface area contributed by atoms with Gasteiger partial charge >= 0.3 is 11.8 Å². The van der Waals surface area contributed by atoms with E-state index >= 15 is 0 Å². The molecule has 9 nitrogen and oxygen atoms in total. The van der Waals surface area contributed by atoms with Crippen LogP contribution in [0.1, 0.15) is 12.0 Å². The predicted octanol–water partition coefficient (Wildman–Crippen LogP) is -0.250. The normalized spacial score (nSPS) is 17.9. The fraction of sp³-hybridized carbons (Fsp3) is 0.529. The van der Waals surface area contributed by atoms with Gasteiger partial charge in [-0.3, -0.25) is 9.59 Å². The first-order valence-corrected chi connectivity index (χ1v) is 10.2. The van der Waals surface area contributed by atoms with Crippen LogP contribution in [0.25, 0.3) is 0 Å². The SMILES string of the molecule is COCCNC(=O)C(=O)NCC1OCCCN1S(=O)(=O)c1ccc(F)c(C)c1. The van der Waals surface area contributed by atoms with Crippen LogP contribution < -0.4 is 10.6 Å². The van der Waals surface area contributed by atoms with Gasteiger partial charge in [0.05, 0.1) is 24.7 Å². The van der Waals surface area contributed by atoms with Crippen molar-refractivity contribution in [1.82, 2.24) is 14.9 Å². The Kier molecular flexibility index (Phi) is 7.87. The summed E-state index contributed by atoms with van der Waals surface area (Å²) in [4.78, 5) is 23.5. The zero-order valence-corrected chi connectivity index (χ0v) is 16.6. The minimum Gasteiger partial charge on any atom is -0.383 e. The van der Waals surface area contributed by atoms with E-state index in [0.29, 0.717) is 13.0 Å². The zero-order valence-electron chi connectivity index (χ0n) is 15.7. The molecule has 1 fully saturated rings. The van der Waals surface area contributed by atoms with E-state index in [4.69, 9.17) is 9.47 Å². The van der Waals surface area contributed by atoms with Crippen molar-refractivity contribution >= 4 is 21.8 Å². The van der Waals surface area contributed by atoms with E-state index in [0.717, 1.165) is 10.4 Å². The molecule has 1 aromatic rings. The number of carbonyl (C=O) groups excluding carboxylic acids is 2. The molecule has 2 N–H and O–H groups in total. The van der Waals surface area contributed by atoms with Crippen molar-refractivity contribution in [2.45, 2.75) is 24.5 Å². The standard InChI is InChI=1S/C17H24FN3O6S/c1-12-10-13(4-5-14(12)18)28(24,25)21-7-3-8-27-15(21)11-20-17(23)16(22)19-6-9-26-2/h4-5,10,15H,3,6-9,11H2,1-2H3,(H,19,22)(H,20,23). The van der Waals surface area contributed by atoms with Crippen LogP contribution in [0, 0.1) is 12.7 Å². The number of nitrogens with one attached hydrogen (secondary N) is 2. The fourth-order valence-corrected chi connectivity index (χ4v) is 4.27. The van der Waals surface area contributed by atoms with E-state index in [1.165, 1.54) is 26.2 Å². The Labute approximate surface area is 163 Å². The lowest BCUT2D eigenvalue weighted by atomic mass is 10.2. The van der Waals surface area contributed by atoms with Crippen molar-refractivity contribution in [2.24, 2.45) is 0 Å². The Bertz CT molecular complexity index is 817. The highest BCUT2D eigenvalue weighted by Gasteiger charge is 2.35. The first kappa shape index (κ1) is 22.2. The van der Waals surface area contributed by atoms with Crippen molar-refractivity contribution in [3.05, 3.63) is 29.6 Å². The van der Waals surface area contributed by atoms with Gasteiger partial charge in [0.25, 0.3) is 0 Å². The summed E-state index contributed by atoms with van der Waals surface area (Å²) in [5.74, 6) is -2.26. The van der Waals surface area contributed by atoms with Crippen molar-refractivity contribution < 1.29 is 31.9 Å². The van der Waals surface area contributed by atoms with E-state index in [1.54, 1.807) is 0 Å². The monoisotopic (exact) mass is 417 g/mol. The van der Waals surface area contributed by atoms with Crippen LogP contribution >= 0.6 is 0 Å². The lowest BCUT2D eigenvalue weighted by Crippen LogP contribution is -2.53. The number of rotatable bonds is 7. The molecule has 28 heavy (non-hydrogen) atoms. The van der Waals surface area contributed by atoms with Gasteiger partial charge in [-0.15, -0.1) is 0 Å². The highest BCUT2D eigenvalue weighted by atomic mass is 32.2. The first-order valence-electron chi connectivity index (χ1n) is 8.72. The lowest BCUT2D eigenvalue weighted by molar-refractivity contribution is -0.140. The molecule has 1 heterocycles. The molecule has 1 aliphatic rings. The average molecular weight is 417 g/mol. The van der Waals surface area contributed by atoms with E-state index in [1.807, 2.05) is 0 Å². The third-order valence-electron chi connectivity index (χ3n) is 4.13. The minimum atomic E-state index is -3.96. The summed E-state index contributed by atoms with van der Waals surface area (Å²) in [6, 6.07) is 3.53. The summed E-state index contributed by atoms with van der Waals surface area (Å²) in [7, 11) is -2.50. The number of benzene rings is 1. The summed E-state index contributed by atoms with van der Waals surface area (Å²) in [5, 5.41) is 4.74. The van der Waals surface area contributed by atoms with Crippen LogP contribution in [0.5, 0.6) is 0 Å². The summed E-state index contributed by atoms with van der Waals surface area (Å²) in [5.41, 5.74) is 0.205. The topological polar surface area (TPSA) is 114 Å². The number of sulfonamides is 1. The minimum absolute atomic E-state index is 0.0643. The van der Waals surface area contributed by atoms with Gasteiger partial charge in [0.1, 0.15) is 12.0 Å². The van der Waals surface area contributed by atoms with Crippen LogP contribution in [0.3, 0.4) is 0 Å². The third-order valence-corrected chi connectivity index (χ3v) is 6.01. The molecular weight excluding hydrogens is 393 g/mol. The van der Waals surface area contributed by atoms with Crippen molar-refractivity contribution in [1.29, 1.82) is 0 Å². The number of amides is 2.